The first kappa shape index (κ1) is 23.3. The Morgan fingerprint density at radius 3 is 2.06 bits per heavy atom. The summed E-state index contributed by atoms with van der Waals surface area (Å²) in [5, 5.41) is 15.4. The number of phenols is 1. The molecule has 0 saturated heterocycles. The second-order valence-corrected chi connectivity index (χ2v) is 8.54. The molecule has 180 valence electrons. The van der Waals surface area contributed by atoms with Crippen LogP contribution in [0.3, 0.4) is 0 Å². The van der Waals surface area contributed by atoms with Crippen molar-refractivity contribution in [2.75, 3.05) is 12.4 Å². The van der Waals surface area contributed by atoms with E-state index >= 15 is 0 Å². The first-order chi connectivity index (χ1) is 17.6. The molecular formula is C29H25N3O3S. The lowest BCUT2D eigenvalue weighted by Crippen LogP contribution is -2.43. The maximum absolute atomic E-state index is 9.85. The molecule has 0 spiro atoms. The van der Waals surface area contributed by atoms with Crippen LogP contribution in [0.1, 0.15) is 22.9 Å². The second kappa shape index (κ2) is 10.4. The second-order valence-electron chi connectivity index (χ2n) is 8.14. The third kappa shape index (κ3) is 4.96. The fourth-order valence-corrected chi connectivity index (χ4v) is 4.24. The van der Waals surface area contributed by atoms with Crippen molar-refractivity contribution in [2.45, 2.75) is 6.23 Å². The molecule has 7 heteroatoms. The van der Waals surface area contributed by atoms with Gasteiger partial charge >= 0.3 is 0 Å². The first-order valence-electron chi connectivity index (χ1n) is 11.4. The van der Waals surface area contributed by atoms with Gasteiger partial charge in [-0.25, -0.2) is 5.01 Å². The van der Waals surface area contributed by atoms with Gasteiger partial charge in [0, 0.05) is 22.4 Å². The Morgan fingerprint density at radius 1 is 0.833 bits per heavy atom. The van der Waals surface area contributed by atoms with Crippen molar-refractivity contribution in [1.29, 1.82) is 0 Å². The summed E-state index contributed by atoms with van der Waals surface area (Å²) in [6.07, 6.45) is -0.536. The lowest BCUT2D eigenvalue weighted by Gasteiger charge is -2.29. The van der Waals surface area contributed by atoms with Crippen LogP contribution in [0.15, 0.2) is 109 Å². The van der Waals surface area contributed by atoms with Gasteiger partial charge in [0.25, 0.3) is 0 Å². The number of phenolic OH excluding ortho intramolecular Hbond substituents is 1. The minimum absolute atomic E-state index is 0.187. The zero-order chi connectivity index (χ0) is 24.9. The van der Waals surface area contributed by atoms with Crippen LogP contribution in [-0.4, -0.2) is 22.3 Å². The largest absolute Gasteiger partial charge is 0.508 e. The van der Waals surface area contributed by atoms with Crippen molar-refractivity contribution in [1.82, 2.24) is 10.4 Å². The molecule has 1 unspecified atom stereocenters. The van der Waals surface area contributed by atoms with E-state index in [-0.39, 0.29) is 5.75 Å². The summed E-state index contributed by atoms with van der Waals surface area (Å²) >= 11 is 5.70. The highest BCUT2D eigenvalue weighted by atomic mass is 32.1. The molecule has 0 amide bonds. The molecule has 5 rings (SSSR count). The van der Waals surface area contributed by atoms with E-state index in [4.69, 9.17) is 21.7 Å². The Bertz CT molecular complexity index is 1360. The predicted molar refractivity (Wildman–Crippen MR) is 146 cm³/mol. The summed E-state index contributed by atoms with van der Waals surface area (Å²) in [4.78, 5) is 0. The van der Waals surface area contributed by atoms with Gasteiger partial charge in [0.2, 0.25) is 6.23 Å². The van der Waals surface area contributed by atoms with E-state index in [0.29, 0.717) is 5.11 Å². The smallest absolute Gasteiger partial charge is 0.216 e. The normalized spacial score (nSPS) is 14.8. The Labute approximate surface area is 215 Å². The molecule has 36 heavy (non-hydrogen) atoms. The number of nitrogens with one attached hydrogen (secondary N) is 2. The quantitative estimate of drug-likeness (QED) is 0.277. The molecule has 0 bridgehead atoms. The van der Waals surface area contributed by atoms with Crippen LogP contribution in [0.4, 0.5) is 5.69 Å². The number of thiocarbonyl (C=S) groups is 1. The standard InChI is InChI=1S/C29H25N3O3S/c1-34-25-18-14-23(15-19-25)30-29(36)31-32-26(20-8-4-2-5-9-20)27(21-10-6-3-7-11-21)35-28(32)22-12-16-24(33)17-13-22/h2-19,28,33H,1H3,(H2,30,31,36). The summed E-state index contributed by atoms with van der Waals surface area (Å²) in [5.74, 6) is 1.67. The highest BCUT2D eigenvalue weighted by Crippen LogP contribution is 2.44. The third-order valence-corrected chi connectivity index (χ3v) is 5.94. The summed E-state index contributed by atoms with van der Waals surface area (Å²) in [7, 11) is 1.63. The molecule has 1 atom stereocenters. The number of nitrogens with zero attached hydrogens (tertiary/aromatic N) is 1. The van der Waals surface area contributed by atoms with Gasteiger partial charge in [-0.15, -0.1) is 0 Å². The molecule has 6 nitrogen and oxygen atoms in total. The van der Waals surface area contributed by atoms with Crippen LogP contribution >= 0.6 is 12.2 Å². The molecule has 1 aliphatic heterocycles. The minimum atomic E-state index is -0.536. The van der Waals surface area contributed by atoms with Gasteiger partial charge in [-0.3, -0.25) is 5.43 Å². The number of hydrogen-bond acceptors (Lipinski definition) is 5. The van der Waals surface area contributed by atoms with Crippen molar-refractivity contribution in [2.24, 2.45) is 0 Å². The van der Waals surface area contributed by atoms with Crippen molar-refractivity contribution in [3.63, 3.8) is 0 Å². The summed E-state index contributed by atoms with van der Waals surface area (Å²) in [6, 6.07) is 34.5. The molecule has 1 aliphatic rings. The molecule has 0 radical (unpaired) electrons. The Morgan fingerprint density at radius 2 is 1.44 bits per heavy atom. The summed E-state index contributed by atoms with van der Waals surface area (Å²) in [6.45, 7) is 0. The van der Waals surface area contributed by atoms with E-state index in [1.807, 2.05) is 102 Å². The number of benzene rings is 4. The van der Waals surface area contributed by atoms with Crippen LogP contribution < -0.4 is 15.5 Å². The van der Waals surface area contributed by atoms with Crippen LogP contribution in [0.2, 0.25) is 0 Å². The van der Waals surface area contributed by atoms with E-state index in [1.54, 1.807) is 19.2 Å². The number of hydrogen-bond donors (Lipinski definition) is 3. The van der Waals surface area contributed by atoms with E-state index < -0.39 is 6.23 Å². The minimum Gasteiger partial charge on any atom is -0.508 e. The van der Waals surface area contributed by atoms with Gasteiger partial charge in [-0.1, -0.05) is 60.7 Å². The third-order valence-electron chi connectivity index (χ3n) is 5.75. The van der Waals surface area contributed by atoms with E-state index in [1.165, 1.54) is 0 Å². The van der Waals surface area contributed by atoms with Gasteiger partial charge < -0.3 is 19.9 Å². The Balaban J connectivity index is 1.54. The van der Waals surface area contributed by atoms with Crippen molar-refractivity contribution < 1.29 is 14.6 Å². The number of ether oxygens (including phenoxy) is 2. The van der Waals surface area contributed by atoms with Crippen LogP contribution in [0, 0.1) is 0 Å². The first-order valence-corrected chi connectivity index (χ1v) is 11.8. The van der Waals surface area contributed by atoms with Gasteiger partial charge in [-0.2, -0.15) is 0 Å². The van der Waals surface area contributed by atoms with E-state index in [2.05, 4.69) is 10.7 Å². The number of rotatable bonds is 6. The van der Waals surface area contributed by atoms with E-state index in [0.717, 1.165) is 39.6 Å². The van der Waals surface area contributed by atoms with Crippen LogP contribution in [-0.2, 0) is 4.74 Å². The monoisotopic (exact) mass is 495 g/mol. The average molecular weight is 496 g/mol. The summed E-state index contributed by atoms with van der Waals surface area (Å²) < 4.78 is 11.8. The van der Waals surface area contributed by atoms with Gasteiger partial charge in [-0.05, 0) is 60.7 Å². The number of anilines is 1. The molecule has 1 heterocycles. The number of aromatic hydroxyl groups is 1. The maximum Gasteiger partial charge on any atom is 0.216 e. The zero-order valence-corrected chi connectivity index (χ0v) is 20.4. The van der Waals surface area contributed by atoms with Crippen molar-refractivity contribution in [3.8, 4) is 11.5 Å². The molecule has 3 N–H and O–H groups in total. The van der Waals surface area contributed by atoms with E-state index in [9.17, 15) is 5.11 Å². The SMILES string of the molecule is COc1ccc(NC(=S)NN2C(c3ccccc3)=C(c3ccccc3)OC2c2ccc(O)cc2)cc1. The molecule has 0 aromatic heterocycles. The molecular weight excluding hydrogens is 470 g/mol. The number of hydrazine groups is 1. The lowest BCUT2D eigenvalue weighted by atomic mass is 10.1. The van der Waals surface area contributed by atoms with Crippen LogP contribution in [0.25, 0.3) is 11.5 Å². The highest BCUT2D eigenvalue weighted by molar-refractivity contribution is 7.80. The highest BCUT2D eigenvalue weighted by Gasteiger charge is 2.37. The molecule has 4 aromatic rings. The zero-order valence-electron chi connectivity index (χ0n) is 19.6. The van der Waals surface area contributed by atoms with Crippen molar-refractivity contribution >= 4 is 34.5 Å². The predicted octanol–water partition coefficient (Wildman–Crippen LogP) is 6.16. The van der Waals surface area contributed by atoms with Crippen LogP contribution in [0.5, 0.6) is 11.5 Å². The van der Waals surface area contributed by atoms with Gasteiger partial charge in [0.15, 0.2) is 10.9 Å². The molecule has 0 aliphatic carbocycles. The maximum atomic E-state index is 9.85. The number of methoxy groups -OCH3 is 1. The Hall–Kier alpha value is -4.49. The van der Waals surface area contributed by atoms with Gasteiger partial charge in [0.1, 0.15) is 17.2 Å². The average Bonchev–Trinajstić information content (AvgIpc) is 3.29. The topological polar surface area (TPSA) is 66.0 Å². The summed E-state index contributed by atoms with van der Waals surface area (Å²) in [5.41, 5.74) is 7.78. The Kier molecular flexibility index (Phi) is 6.73. The molecule has 0 saturated carbocycles. The molecule has 4 aromatic carbocycles. The fraction of sp³-hybridized carbons (Fsp3) is 0.0690. The lowest BCUT2D eigenvalue weighted by molar-refractivity contribution is 0.0564. The van der Waals surface area contributed by atoms with Gasteiger partial charge in [0.05, 0.1) is 7.11 Å². The van der Waals surface area contributed by atoms with Crippen molar-refractivity contribution in [3.05, 3.63) is 126 Å². The molecule has 0 fully saturated rings. The fourth-order valence-electron chi connectivity index (χ4n) is 4.02.